The lowest BCUT2D eigenvalue weighted by atomic mass is 10.2. The summed E-state index contributed by atoms with van der Waals surface area (Å²) in [7, 11) is 0. The topological polar surface area (TPSA) is 56.7 Å². The minimum atomic E-state index is 0.129. The summed E-state index contributed by atoms with van der Waals surface area (Å²) in [6.45, 7) is 2.07. The standard InChI is InChI=1S/C16H15ClN4S/c1-11(13-9-5-6-10-14(13)17)22-16-20-19-15(21(16)18)12-7-3-2-4-8-12/h2-11H,18H2,1H3. The van der Waals surface area contributed by atoms with Gasteiger partial charge in [0.25, 0.3) is 0 Å². The number of nitrogens with zero attached hydrogens (tertiary/aromatic N) is 3. The Morgan fingerprint density at radius 2 is 1.73 bits per heavy atom. The second-order valence-electron chi connectivity index (χ2n) is 4.82. The molecule has 0 saturated carbocycles. The number of halogens is 1. The Morgan fingerprint density at radius 1 is 1.05 bits per heavy atom. The van der Waals surface area contributed by atoms with Gasteiger partial charge in [0.05, 0.1) is 0 Å². The monoisotopic (exact) mass is 330 g/mol. The van der Waals surface area contributed by atoms with Crippen LogP contribution in [-0.2, 0) is 0 Å². The average Bonchev–Trinajstić information content (AvgIpc) is 2.89. The number of hydrogen-bond acceptors (Lipinski definition) is 4. The fourth-order valence-corrected chi connectivity index (χ4v) is 3.47. The quantitative estimate of drug-likeness (QED) is 0.576. The van der Waals surface area contributed by atoms with Crippen LogP contribution in [0.1, 0.15) is 17.7 Å². The van der Waals surface area contributed by atoms with Crippen molar-refractivity contribution in [2.45, 2.75) is 17.3 Å². The molecule has 1 atom stereocenters. The van der Waals surface area contributed by atoms with E-state index < -0.39 is 0 Å². The summed E-state index contributed by atoms with van der Waals surface area (Å²) in [6.07, 6.45) is 0. The maximum Gasteiger partial charge on any atom is 0.210 e. The van der Waals surface area contributed by atoms with Gasteiger partial charge in [0, 0.05) is 15.8 Å². The number of rotatable bonds is 4. The second kappa shape index (κ2) is 6.42. The number of thioether (sulfide) groups is 1. The summed E-state index contributed by atoms with van der Waals surface area (Å²) in [5.74, 6) is 6.79. The molecule has 4 nitrogen and oxygen atoms in total. The van der Waals surface area contributed by atoms with Gasteiger partial charge >= 0.3 is 0 Å². The van der Waals surface area contributed by atoms with Gasteiger partial charge in [-0.25, -0.2) is 4.68 Å². The van der Waals surface area contributed by atoms with Crippen LogP contribution in [0.25, 0.3) is 11.4 Å². The zero-order chi connectivity index (χ0) is 15.5. The number of hydrogen-bond donors (Lipinski definition) is 1. The molecule has 0 amide bonds. The van der Waals surface area contributed by atoms with E-state index in [2.05, 4.69) is 17.1 Å². The molecular weight excluding hydrogens is 316 g/mol. The van der Waals surface area contributed by atoms with Gasteiger partial charge in [0.1, 0.15) is 0 Å². The van der Waals surface area contributed by atoms with Crippen molar-refractivity contribution in [3.8, 4) is 11.4 Å². The number of benzene rings is 2. The molecule has 0 bridgehead atoms. The minimum absolute atomic E-state index is 0.129. The first kappa shape index (κ1) is 14.9. The van der Waals surface area contributed by atoms with E-state index >= 15 is 0 Å². The third kappa shape index (κ3) is 2.96. The van der Waals surface area contributed by atoms with Gasteiger partial charge in [-0.05, 0) is 18.6 Å². The molecule has 3 aromatic rings. The summed E-state index contributed by atoms with van der Waals surface area (Å²) in [5.41, 5.74) is 1.99. The van der Waals surface area contributed by atoms with Crippen molar-refractivity contribution in [1.82, 2.24) is 14.9 Å². The summed E-state index contributed by atoms with van der Waals surface area (Å²) in [6, 6.07) is 17.6. The van der Waals surface area contributed by atoms with Crippen molar-refractivity contribution in [3.63, 3.8) is 0 Å². The van der Waals surface area contributed by atoms with Crippen LogP contribution in [0.15, 0.2) is 59.8 Å². The van der Waals surface area contributed by atoms with Crippen molar-refractivity contribution in [3.05, 3.63) is 65.2 Å². The highest BCUT2D eigenvalue weighted by Crippen LogP contribution is 2.37. The molecule has 0 radical (unpaired) electrons. The smallest absolute Gasteiger partial charge is 0.210 e. The molecule has 22 heavy (non-hydrogen) atoms. The Bertz CT molecular complexity index is 773. The summed E-state index contributed by atoms with van der Waals surface area (Å²) in [5, 5.41) is 9.92. The first-order valence-electron chi connectivity index (χ1n) is 6.84. The van der Waals surface area contributed by atoms with Gasteiger partial charge in [0.15, 0.2) is 5.82 Å². The normalized spacial score (nSPS) is 12.3. The Morgan fingerprint density at radius 3 is 2.45 bits per heavy atom. The van der Waals surface area contributed by atoms with Crippen molar-refractivity contribution in [2.75, 3.05) is 5.84 Å². The van der Waals surface area contributed by atoms with Gasteiger partial charge in [-0.3, -0.25) is 0 Å². The molecule has 6 heteroatoms. The predicted octanol–water partition coefficient (Wildman–Crippen LogP) is 4.17. The maximum absolute atomic E-state index is 6.24. The highest BCUT2D eigenvalue weighted by molar-refractivity contribution is 7.99. The first-order chi connectivity index (χ1) is 10.7. The van der Waals surface area contributed by atoms with E-state index in [0.717, 1.165) is 16.1 Å². The largest absolute Gasteiger partial charge is 0.335 e. The first-order valence-corrected chi connectivity index (χ1v) is 8.09. The summed E-state index contributed by atoms with van der Waals surface area (Å²) >= 11 is 7.77. The molecule has 1 aromatic heterocycles. The van der Waals surface area contributed by atoms with Crippen molar-refractivity contribution >= 4 is 23.4 Å². The Hall–Kier alpha value is -1.98. The number of nitrogen functional groups attached to an aromatic ring is 1. The molecule has 0 saturated heterocycles. The van der Waals surface area contributed by atoms with Gasteiger partial charge in [-0.1, -0.05) is 71.9 Å². The molecule has 0 spiro atoms. The van der Waals surface area contributed by atoms with E-state index in [1.54, 1.807) is 0 Å². The summed E-state index contributed by atoms with van der Waals surface area (Å²) < 4.78 is 1.52. The van der Waals surface area contributed by atoms with Crippen molar-refractivity contribution in [1.29, 1.82) is 0 Å². The van der Waals surface area contributed by atoms with Crippen LogP contribution in [0.5, 0.6) is 0 Å². The van der Waals surface area contributed by atoms with Crippen LogP contribution in [0, 0.1) is 0 Å². The van der Waals surface area contributed by atoms with Gasteiger partial charge < -0.3 is 5.84 Å². The van der Waals surface area contributed by atoms with E-state index in [0.29, 0.717) is 11.0 Å². The zero-order valence-corrected chi connectivity index (χ0v) is 13.6. The van der Waals surface area contributed by atoms with Crippen molar-refractivity contribution < 1.29 is 0 Å². The fourth-order valence-electron chi connectivity index (χ4n) is 2.17. The van der Waals surface area contributed by atoms with Gasteiger partial charge in [0.2, 0.25) is 5.16 Å². The number of nitrogens with two attached hydrogens (primary N) is 1. The molecule has 2 aromatic carbocycles. The van der Waals surface area contributed by atoms with Crippen LogP contribution in [0.2, 0.25) is 5.02 Å². The van der Waals surface area contributed by atoms with Gasteiger partial charge in [-0.2, -0.15) is 0 Å². The molecule has 2 N–H and O–H groups in total. The van der Waals surface area contributed by atoms with Crippen molar-refractivity contribution in [2.24, 2.45) is 0 Å². The zero-order valence-electron chi connectivity index (χ0n) is 12.0. The molecule has 0 aliphatic carbocycles. The maximum atomic E-state index is 6.24. The molecule has 1 heterocycles. The van der Waals surface area contributed by atoms with E-state index in [9.17, 15) is 0 Å². The summed E-state index contributed by atoms with van der Waals surface area (Å²) in [4.78, 5) is 0. The SMILES string of the molecule is CC(Sc1nnc(-c2ccccc2)n1N)c1ccccc1Cl. The lowest BCUT2D eigenvalue weighted by Gasteiger charge is -2.12. The lowest BCUT2D eigenvalue weighted by molar-refractivity contribution is 0.844. The van der Waals surface area contributed by atoms with E-state index in [1.807, 2.05) is 54.6 Å². The molecule has 0 aliphatic heterocycles. The van der Waals surface area contributed by atoms with Crippen LogP contribution in [0.4, 0.5) is 0 Å². The molecule has 0 aliphatic rings. The van der Waals surface area contributed by atoms with E-state index in [4.69, 9.17) is 17.4 Å². The molecule has 1 unspecified atom stereocenters. The van der Waals surface area contributed by atoms with Crippen LogP contribution < -0.4 is 5.84 Å². The highest BCUT2D eigenvalue weighted by Gasteiger charge is 2.17. The average molecular weight is 331 g/mol. The minimum Gasteiger partial charge on any atom is -0.335 e. The lowest BCUT2D eigenvalue weighted by Crippen LogP contribution is -2.12. The molecule has 0 fully saturated rings. The second-order valence-corrected chi connectivity index (χ2v) is 6.54. The Kier molecular flexibility index (Phi) is 4.36. The van der Waals surface area contributed by atoms with Crippen LogP contribution in [0.3, 0.4) is 0 Å². The number of aromatic nitrogens is 3. The third-order valence-electron chi connectivity index (χ3n) is 3.32. The van der Waals surface area contributed by atoms with Gasteiger partial charge in [-0.15, -0.1) is 10.2 Å². The molecular formula is C16H15ClN4S. The van der Waals surface area contributed by atoms with Crippen LogP contribution in [-0.4, -0.2) is 14.9 Å². The van der Waals surface area contributed by atoms with E-state index in [-0.39, 0.29) is 5.25 Å². The van der Waals surface area contributed by atoms with Crippen LogP contribution >= 0.6 is 23.4 Å². The molecule has 112 valence electrons. The molecule has 3 rings (SSSR count). The van der Waals surface area contributed by atoms with E-state index in [1.165, 1.54) is 16.4 Å². The Labute approximate surface area is 138 Å². The predicted molar refractivity (Wildman–Crippen MR) is 91.3 cm³/mol. The highest BCUT2D eigenvalue weighted by atomic mass is 35.5. The third-order valence-corrected chi connectivity index (χ3v) is 4.76. The Balaban J connectivity index is 1.85. The fraction of sp³-hybridized carbons (Fsp3) is 0.125.